The van der Waals surface area contributed by atoms with Crippen LogP contribution in [-0.2, 0) is 19.1 Å². The van der Waals surface area contributed by atoms with Crippen molar-refractivity contribution < 1.29 is 19.1 Å². The fourth-order valence-electron chi connectivity index (χ4n) is 0.936. The Balaban J connectivity index is 4.24. The van der Waals surface area contributed by atoms with Crippen LogP contribution >= 0.6 is 0 Å². The number of carbonyl (C=O) groups is 2. The van der Waals surface area contributed by atoms with Gasteiger partial charge in [0.25, 0.3) is 0 Å². The topological polar surface area (TPSA) is 55.8 Å². The maximum absolute atomic E-state index is 11.3. The molecule has 0 radical (unpaired) electrons. The van der Waals surface area contributed by atoms with E-state index in [-0.39, 0.29) is 19.3 Å². The first kappa shape index (κ1) is 16.4. The molecule has 0 unspecified atom stereocenters. The molecule has 0 spiro atoms. The van der Waals surface area contributed by atoms with E-state index in [0.29, 0.717) is 11.1 Å². The molecule has 0 bridgehead atoms. The van der Waals surface area contributed by atoms with E-state index in [2.05, 4.69) is 13.2 Å². The van der Waals surface area contributed by atoms with Crippen LogP contribution in [0.2, 0.25) is 0 Å². The summed E-state index contributed by atoms with van der Waals surface area (Å²) in [5.41, 5.74) is 0.679. The summed E-state index contributed by atoms with van der Waals surface area (Å²) in [6, 6.07) is -0.198. The van der Waals surface area contributed by atoms with Crippen molar-refractivity contribution in [2.24, 2.45) is 0 Å². The molecule has 102 valence electrons. The Kier molecular flexibility index (Phi) is 6.97. The van der Waals surface area contributed by atoms with Crippen LogP contribution in [0.25, 0.3) is 0 Å². The lowest BCUT2D eigenvalue weighted by atomic mass is 10.3. The maximum atomic E-state index is 11.3. The summed E-state index contributed by atoms with van der Waals surface area (Å²) >= 11 is 0. The smallest absolute Gasteiger partial charge is 0.333 e. The second-order valence-electron chi connectivity index (χ2n) is 4.38. The maximum Gasteiger partial charge on any atom is 0.333 e. The highest BCUT2D eigenvalue weighted by Gasteiger charge is 2.17. The Morgan fingerprint density at radius 2 is 1.33 bits per heavy atom. The molecule has 0 fully saturated rings. The average Bonchev–Trinajstić information content (AvgIpc) is 2.27. The van der Waals surface area contributed by atoms with Crippen LogP contribution in [0.15, 0.2) is 24.3 Å². The number of nitrogens with zero attached hydrogens (tertiary/aromatic N) is 1. The van der Waals surface area contributed by atoms with Gasteiger partial charge in [0.2, 0.25) is 0 Å². The van der Waals surface area contributed by atoms with Crippen molar-refractivity contribution in [2.75, 3.05) is 27.3 Å². The van der Waals surface area contributed by atoms with Crippen molar-refractivity contribution in [3.63, 3.8) is 0 Å². The van der Waals surface area contributed by atoms with E-state index in [1.807, 2.05) is 19.0 Å². The zero-order valence-corrected chi connectivity index (χ0v) is 11.5. The number of rotatable bonds is 7. The quantitative estimate of drug-likeness (QED) is 0.504. The zero-order chi connectivity index (χ0) is 14.3. The Morgan fingerprint density at radius 3 is 1.56 bits per heavy atom. The van der Waals surface area contributed by atoms with E-state index < -0.39 is 11.9 Å². The van der Waals surface area contributed by atoms with E-state index in [9.17, 15) is 9.59 Å². The summed E-state index contributed by atoms with van der Waals surface area (Å²) in [5, 5.41) is 0. The molecular formula is C13H21NO4. The summed E-state index contributed by atoms with van der Waals surface area (Å²) in [6.07, 6.45) is 0. The Bertz CT molecular complexity index is 317. The molecule has 0 amide bonds. The highest BCUT2D eigenvalue weighted by atomic mass is 16.5. The van der Waals surface area contributed by atoms with Gasteiger partial charge in [0.05, 0.1) is 6.04 Å². The number of hydrogen-bond donors (Lipinski definition) is 0. The normalized spacial score (nSPS) is 10.3. The fraction of sp³-hybridized carbons (Fsp3) is 0.538. The van der Waals surface area contributed by atoms with Gasteiger partial charge in [-0.25, -0.2) is 9.59 Å². The first-order valence-electron chi connectivity index (χ1n) is 5.57. The summed E-state index contributed by atoms with van der Waals surface area (Å²) in [5.74, 6) is -0.902. The van der Waals surface area contributed by atoms with Gasteiger partial charge in [-0.15, -0.1) is 0 Å². The molecule has 5 heteroatoms. The molecule has 18 heavy (non-hydrogen) atoms. The third-order valence-electron chi connectivity index (χ3n) is 2.24. The lowest BCUT2D eigenvalue weighted by molar-refractivity contribution is -0.144. The third kappa shape index (κ3) is 6.20. The van der Waals surface area contributed by atoms with Gasteiger partial charge in [0.1, 0.15) is 13.2 Å². The van der Waals surface area contributed by atoms with Crippen molar-refractivity contribution in [3.05, 3.63) is 24.3 Å². The van der Waals surface area contributed by atoms with Crippen molar-refractivity contribution in [1.29, 1.82) is 0 Å². The summed E-state index contributed by atoms with van der Waals surface area (Å²) in [7, 11) is 3.63. The van der Waals surface area contributed by atoms with Gasteiger partial charge in [-0.3, -0.25) is 0 Å². The first-order chi connectivity index (χ1) is 8.25. The SMILES string of the molecule is C=C(C)C(=O)OCC(COC(=O)C(=C)C)N(C)C. The van der Waals surface area contributed by atoms with E-state index in [0.717, 1.165) is 0 Å². The standard InChI is InChI=1S/C13H21NO4/c1-9(2)12(15)17-7-11(14(5)6)8-18-13(16)10(3)4/h11H,1,3,7-8H2,2,4-6H3. The van der Waals surface area contributed by atoms with E-state index >= 15 is 0 Å². The number of esters is 2. The van der Waals surface area contributed by atoms with Gasteiger partial charge in [-0.05, 0) is 27.9 Å². The molecule has 0 N–H and O–H groups in total. The molecule has 0 aromatic rings. The van der Waals surface area contributed by atoms with E-state index in [1.165, 1.54) is 0 Å². The molecular weight excluding hydrogens is 234 g/mol. The highest BCUT2D eigenvalue weighted by molar-refractivity contribution is 5.87. The third-order valence-corrected chi connectivity index (χ3v) is 2.24. The minimum absolute atomic E-state index is 0.141. The second-order valence-corrected chi connectivity index (χ2v) is 4.38. The number of carbonyl (C=O) groups excluding carboxylic acids is 2. The molecule has 0 atom stereocenters. The minimum Gasteiger partial charge on any atom is -0.461 e. The van der Waals surface area contributed by atoms with Gasteiger partial charge in [0.15, 0.2) is 0 Å². The van der Waals surface area contributed by atoms with Crippen molar-refractivity contribution in [2.45, 2.75) is 19.9 Å². The second kappa shape index (κ2) is 7.66. The Morgan fingerprint density at radius 1 is 1.00 bits per heavy atom. The molecule has 0 aliphatic carbocycles. The fourth-order valence-corrected chi connectivity index (χ4v) is 0.936. The van der Waals surface area contributed by atoms with E-state index in [4.69, 9.17) is 9.47 Å². The summed E-state index contributed by atoms with van der Waals surface area (Å²) in [6.45, 7) is 10.4. The average molecular weight is 255 g/mol. The molecule has 0 rings (SSSR count). The van der Waals surface area contributed by atoms with E-state index in [1.54, 1.807) is 13.8 Å². The van der Waals surface area contributed by atoms with Crippen LogP contribution in [0.1, 0.15) is 13.8 Å². The lowest BCUT2D eigenvalue weighted by Crippen LogP contribution is -2.38. The number of ether oxygens (including phenoxy) is 2. The van der Waals surface area contributed by atoms with Crippen LogP contribution in [0.3, 0.4) is 0 Å². The highest BCUT2D eigenvalue weighted by Crippen LogP contribution is 2.01. The van der Waals surface area contributed by atoms with Crippen LogP contribution < -0.4 is 0 Å². The van der Waals surface area contributed by atoms with Crippen LogP contribution in [0.5, 0.6) is 0 Å². The Hall–Kier alpha value is -1.62. The van der Waals surface area contributed by atoms with Gasteiger partial charge in [0, 0.05) is 11.1 Å². The van der Waals surface area contributed by atoms with Gasteiger partial charge >= 0.3 is 11.9 Å². The van der Waals surface area contributed by atoms with Crippen LogP contribution in [0, 0.1) is 0 Å². The van der Waals surface area contributed by atoms with Crippen molar-refractivity contribution in [1.82, 2.24) is 4.90 Å². The van der Waals surface area contributed by atoms with Gasteiger partial charge < -0.3 is 14.4 Å². The molecule has 0 heterocycles. The minimum atomic E-state index is -0.451. The summed E-state index contributed by atoms with van der Waals surface area (Å²) < 4.78 is 10.1. The van der Waals surface area contributed by atoms with Crippen molar-refractivity contribution >= 4 is 11.9 Å². The van der Waals surface area contributed by atoms with Crippen LogP contribution in [0.4, 0.5) is 0 Å². The molecule has 0 aliphatic rings. The Labute approximate surface area is 108 Å². The number of likely N-dealkylation sites (N-methyl/N-ethyl adjacent to an activating group) is 1. The zero-order valence-electron chi connectivity index (χ0n) is 11.5. The predicted octanol–water partition coefficient (Wildman–Crippen LogP) is 1.16. The number of hydrogen-bond acceptors (Lipinski definition) is 5. The van der Waals surface area contributed by atoms with Gasteiger partial charge in [-0.2, -0.15) is 0 Å². The van der Waals surface area contributed by atoms with Crippen molar-refractivity contribution in [3.8, 4) is 0 Å². The lowest BCUT2D eigenvalue weighted by Gasteiger charge is -2.23. The molecule has 5 nitrogen and oxygen atoms in total. The molecule has 0 aliphatic heterocycles. The van der Waals surface area contributed by atoms with Crippen LogP contribution in [-0.4, -0.2) is 50.2 Å². The predicted molar refractivity (Wildman–Crippen MR) is 69.0 cm³/mol. The summed E-state index contributed by atoms with van der Waals surface area (Å²) in [4.78, 5) is 24.3. The molecule has 0 saturated heterocycles. The first-order valence-corrected chi connectivity index (χ1v) is 5.57. The monoisotopic (exact) mass is 255 g/mol. The molecule has 0 aromatic heterocycles. The molecule has 0 aromatic carbocycles. The largest absolute Gasteiger partial charge is 0.461 e. The van der Waals surface area contributed by atoms with Gasteiger partial charge in [-0.1, -0.05) is 13.2 Å². The molecule has 0 saturated carbocycles.